The van der Waals surface area contributed by atoms with Crippen LogP contribution in [0.5, 0.6) is 5.75 Å². The van der Waals surface area contributed by atoms with Crippen LogP contribution in [0, 0.1) is 0 Å². The first kappa shape index (κ1) is 13.4. The molecule has 114 valence electrons. The van der Waals surface area contributed by atoms with Crippen LogP contribution in [0.3, 0.4) is 0 Å². The Morgan fingerprint density at radius 2 is 2.18 bits per heavy atom. The molecule has 5 nitrogen and oxygen atoms in total. The summed E-state index contributed by atoms with van der Waals surface area (Å²) in [6, 6.07) is 7.38. The van der Waals surface area contributed by atoms with Crippen LogP contribution in [0.1, 0.15) is 58.5 Å². The summed E-state index contributed by atoms with van der Waals surface area (Å²) in [7, 11) is 1.81. The summed E-state index contributed by atoms with van der Waals surface area (Å²) < 4.78 is 1.67. The van der Waals surface area contributed by atoms with Gasteiger partial charge in [-0.05, 0) is 48.9 Å². The van der Waals surface area contributed by atoms with Crippen LogP contribution in [0.4, 0.5) is 0 Å². The average Bonchev–Trinajstić information content (AvgIpc) is 3.16. The Kier molecular flexibility index (Phi) is 2.96. The number of fused-ring (bicyclic) bond motifs is 1. The fraction of sp³-hybridized carbons (Fsp3) is 0.412. The molecule has 1 heterocycles. The van der Waals surface area contributed by atoms with E-state index in [-0.39, 0.29) is 11.9 Å². The van der Waals surface area contributed by atoms with Crippen molar-refractivity contribution in [1.82, 2.24) is 15.1 Å². The van der Waals surface area contributed by atoms with Crippen molar-refractivity contribution in [2.75, 3.05) is 0 Å². The summed E-state index contributed by atoms with van der Waals surface area (Å²) in [6.07, 6.45) is 3.97. The van der Waals surface area contributed by atoms with Crippen LogP contribution in [0.15, 0.2) is 24.3 Å². The van der Waals surface area contributed by atoms with Crippen molar-refractivity contribution >= 4 is 5.91 Å². The number of hydrogen-bond acceptors (Lipinski definition) is 3. The van der Waals surface area contributed by atoms with Crippen LogP contribution >= 0.6 is 0 Å². The quantitative estimate of drug-likeness (QED) is 0.914. The number of carbonyl (C=O) groups excluding carboxylic acids is 1. The summed E-state index contributed by atoms with van der Waals surface area (Å²) in [5.41, 5.74) is 3.61. The van der Waals surface area contributed by atoms with E-state index in [1.165, 1.54) is 12.8 Å². The van der Waals surface area contributed by atoms with Gasteiger partial charge >= 0.3 is 0 Å². The van der Waals surface area contributed by atoms with Gasteiger partial charge in [-0.15, -0.1) is 0 Å². The molecule has 5 heteroatoms. The monoisotopic (exact) mass is 297 g/mol. The highest BCUT2D eigenvalue weighted by atomic mass is 16.3. The third kappa shape index (κ3) is 2.17. The Hall–Kier alpha value is -2.30. The number of amides is 1. The van der Waals surface area contributed by atoms with Gasteiger partial charge in [0.15, 0.2) is 0 Å². The largest absolute Gasteiger partial charge is 0.508 e. The maximum atomic E-state index is 12.5. The lowest BCUT2D eigenvalue weighted by molar-refractivity contribution is 0.0927. The molecule has 1 unspecified atom stereocenters. The predicted molar refractivity (Wildman–Crippen MR) is 81.8 cm³/mol. The van der Waals surface area contributed by atoms with E-state index in [0.717, 1.165) is 29.7 Å². The molecule has 1 saturated carbocycles. The zero-order valence-corrected chi connectivity index (χ0v) is 12.5. The van der Waals surface area contributed by atoms with E-state index in [1.807, 2.05) is 25.2 Å². The molecule has 2 N–H and O–H groups in total. The fourth-order valence-electron chi connectivity index (χ4n) is 3.30. The molecular formula is C17H19N3O2. The van der Waals surface area contributed by atoms with Crippen molar-refractivity contribution in [3.63, 3.8) is 0 Å². The van der Waals surface area contributed by atoms with Gasteiger partial charge in [0, 0.05) is 13.0 Å². The second-order valence-electron chi connectivity index (χ2n) is 6.26. The molecule has 0 radical (unpaired) electrons. The Bertz CT molecular complexity index is 746. The molecule has 2 aromatic rings. The average molecular weight is 297 g/mol. The van der Waals surface area contributed by atoms with Gasteiger partial charge in [-0.3, -0.25) is 9.48 Å². The summed E-state index contributed by atoms with van der Waals surface area (Å²) >= 11 is 0. The molecule has 1 amide bonds. The van der Waals surface area contributed by atoms with Gasteiger partial charge in [0.2, 0.25) is 0 Å². The minimum absolute atomic E-state index is 0.0334. The molecule has 4 rings (SSSR count). The second kappa shape index (κ2) is 4.87. The number of phenols is 1. The van der Waals surface area contributed by atoms with E-state index >= 15 is 0 Å². The molecule has 1 aromatic heterocycles. The molecule has 1 atom stereocenters. The number of aromatic hydroxyl groups is 1. The normalized spacial score (nSPS) is 20.0. The summed E-state index contributed by atoms with van der Waals surface area (Å²) in [5, 5.41) is 17.4. The lowest BCUT2D eigenvalue weighted by atomic mass is 10.1. The first-order chi connectivity index (χ1) is 10.6. The van der Waals surface area contributed by atoms with Crippen molar-refractivity contribution in [2.45, 2.75) is 37.6 Å². The highest BCUT2D eigenvalue weighted by Crippen LogP contribution is 2.39. The third-order valence-corrected chi connectivity index (χ3v) is 4.68. The van der Waals surface area contributed by atoms with E-state index in [0.29, 0.717) is 17.4 Å². The minimum atomic E-state index is -0.0944. The molecule has 2 aliphatic rings. The van der Waals surface area contributed by atoms with Crippen molar-refractivity contribution in [3.05, 3.63) is 46.8 Å². The zero-order chi connectivity index (χ0) is 15.3. The number of benzene rings is 1. The molecular weight excluding hydrogens is 278 g/mol. The standard InChI is InChI=1S/C17H19N3O2/c1-20-15(9-14(19-20)10-5-6-10)17(22)18-13-8-7-12-11(13)3-2-4-16(12)21/h2-4,9-10,13,21H,5-8H2,1H3,(H,18,22). The van der Waals surface area contributed by atoms with Crippen molar-refractivity contribution < 1.29 is 9.90 Å². The lowest BCUT2D eigenvalue weighted by Gasteiger charge is -2.14. The van der Waals surface area contributed by atoms with E-state index in [2.05, 4.69) is 10.4 Å². The smallest absolute Gasteiger partial charge is 0.270 e. The number of rotatable bonds is 3. The molecule has 1 aromatic carbocycles. The molecule has 2 aliphatic carbocycles. The van der Waals surface area contributed by atoms with Crippen LogP contribution in [-0.4, -0.2) is 20.8 Å². The number of phenolic OH excluding ortho intramolecular Hbond substituents is 1. The van der Waals surface area contributed by atoms with Crippen LogP contribution < -0.4 is 5.32 Å². The van der Waals surface area contributed by atoms with Gasteiger partial charge in [0.05, 0.1) is 11.7 Å². The lowest BCUT2D eigenvalue weighted by Crippen LogP contribution is -2.28. The maximum Gasteiger partial charge on any atom is 0.270 e. The fourth-order valence-corrected chi connectivity index (χ4v) is 3.30. The summed E-state index contributed by atoms with van der Waals surface area (Å²) in [4.78, 5) is 12.5. The Labute approximate surface area is 129 Å². The number of carbonyl (C=O) groups is 1. The van der Waals surface area contributed by atoms with E-state index in [4.69, 9.17) is 0 Å². The van der Waals surface area contributed by atoms with Crippen LogP contribution in [0.25, 0.3) is 0 Å². The number of hydrogen-bond donors (Lipinski definition) is 2. The SMILES string of the molecule is Cn1nc(C2CC2)cc1C(=O)NC1CCc2c(O)cccc21. The van der Waals surface area contributed by atoms with E-state index < -0.39 is 0 Å². The van der Waals surface area contributed by atoms with Gasteiger partial charge < -0.3 is 10.4 Å². The first-order valence-corrected chi connectivity index (χ1v) is 7.79. The highest BCUT2D eigenvalue weighted by molar-refractivity contribution is 5.93. The van der Waals surface area contributed by atoms with Gasteiger partial charge in [-0.2, -0.15) is 5.10 Å². The zero-order valence-electron chi connectivity index (χ0n) is 12.5. The topological polar surface area (TPSA) is 67.2 Å². The number of aromatic nitrogens is 2. The summed E-state index contributed by atoms with van der Waals surface area (Å²) in [6.45, 7) is 0. The molecule has 0 aliphatic heterocycles. The molecule has 0 bridgehead atoms. The van der Waals surface area contributed by atoms with Crippen molar-refractivity contribution in [3.8, 4) is 5.75 Å². The first-order valence-electron chi connectivity index (χ1n) is 7.79. The predicted octanol–water partition coefficient (Wildman–Crippen LogP) is 2.42. The van der Waals surface area contributed by atoms with Crippen LogP contribution in [-0.2, 0) is 13.5 Å². The molecule has 0 saturated heterocycles. The van der Waals surface area contributed by atoms with Gasteiger partial charge in [0.25, 0.3) is 5.91 Å². The van der Waals surface area contributed by atoms with Gasteiger partial charge in [-0.25, -0.2) is 0 Å². The van der Waals surface area contributed by atoms with E-state index in [1.54, 1.807) is 10.7 Å². The third-order valence-electron chi connectivity index (χ3n) is 4.68. The number of nitrogens with one attached hydrogen (secondary N) is 1. The Morgan fingerprint density at radius 3 is 2.95 bits per heavy atom. The van der Waals surface area contributed by atoms with Crippen molar-refractivity contribution in [2.24, 2.45) is 7.05 Å². The molecule has 22 heavy (non-hydrogen) atoms. The number of nitrogens with zero attached hydrogens (tertiary/aromatic N) is 2. The van der Waals surface area contributed by atoms with Gasteiger partial charge in [-0.1, -0.05) is 12.1 Å². The van der Waals surface area contributed by atoms with E-state index in [9.17, 15) is 9.90 Å². The minimum Gasteiger partial charge on any atom is -0.508 e. The second-order valence-corrected chi connectivity index (χ2v) is 6.26. The Morgan fingerprint density at radius 1 is 1.36 bits per heavy atom. The van der Waals surface area contributed by atoms with Crippen molar-refractivity contribution in [1.29, 1.82) is 0 Å². The highest BCUT2D eigenvalue weighted by Gasteiger charge is 2.30. The molecule has 1 fully saturated rings. The van der Waals surface area contributed by atoms with Gasteiger partial charge in [0.1, 0.15) is 11.4 Å². The number of aryl methyl sites for hydroxylation is 1. The molecule has 0 spiro atoms. The maximum absolute atomic E-state index is 12.5. The summed E-state index contributed by atoms with van der Waals surface area (Å²) in [5.74, 6) is 0.769. The van der Waals surface area contributed by atoms with Crippen LogP contribution in [0.2, 0.25) is 0 Å². The Balaban J connectivity index is 1.55.